The van der Waals surface area contributed by atoms with E-state index in [1.807, 2.05) is 23.5 Å². The minimum absolute atomic E-state index is 1.06. The molecule has 316 valence electrons. The summed E-state index contributed by atoms with van der Waals surface area (Å²) in [5, 5.41) is 5.20. The van der Waals surface area contributed by atoms with Gasteiger partial charge in [0.25, 0.3) is 0 Å². The number of rotatable bonds is 18. The van der Waals surface area contributed by atoms with Gasteiger partial charge >= 0.3 is 0 Å². The van der Waals surface area contributed by atoms with Crippen LogP contribution in [0, 0.1) is 0 Å². The van der Waals surface area contributed by atoms with Gasteiger partial charge in [-0.3, -0.25) is 0 Å². The molecule has 0 radical (unpaired) electrons. The standard InChI is InChI=1S/C53H66N6S2/c1-54-48-26-13-15-28-50(48)60-52(54)40-42-30-34-56(46-24-11-9-22-44(42)46)32-17-7-19-36-58(3,4)38-21-39-59(5,6)37-20-8-18-33-57-35-31-43(45-23-10-12-25-47(45)57)41-53-55(2)49-27-14-16-29-51(49)61-53/h9-16,22-31,34-35,40-41H,7-8,17-21,32-33,36-39H2,1-6H3/q+4. The summed E-state index contributed by atoms with van der Waals surface area (Å²) in [6.45, 7) is 7.10. The first-order chi connectivity index (χ1) is 29.6. The molecule has 2 aliphatic rings. The van der Waals surface area contributed by atoms with Crippen LogP contribution in [-0.4, -0.2) is 77.4 Å². The number of anilines is 2. The third-order valence-corrected chi connectivity index (χ3v) is 15.2. The minimum atomic E-state index is 1.06. The molecule has 6 aromatic rings. The van der Waals surface area contributed by atoms with Gasteiger partial charge in [0.2, 0.25) is 11.0 Å². The van der Waals surface area contributed by atoms with Crippen molar-refractivity contribution in [3.05, 3.63) is 143 Å². The van der Waals surface area contributed by atoms with Gasteiger partial charge in [-0.15, -0.1) is 0 Å². The molecule has 0 spiro atoms. The lowest BCUT2D eigenvalue weighted by molar-refractivity contribution is -0.909. The van der Waals surface area contributed by atoms with Crippen LogP contribution in [0.25, 0.3) is 34.0 Å². The number of nitrogens with zero attached hydrogens (tertiary/aromatic N) is 6. The average molecular weight is 851 g/mol. The van der Waals surface area contributed by atoms with Crippen LogP contribution in [0.15, 0.2) is 141 Å². The first-order valence-corrected chi connectivity index (χ1v) is 24.1. The third-order valence-electron chi connectivity index (χ3n) is 12.9. The lowest BCUT2D eigenvalue weighted by Gasteiger charge is -2.33. The maximum absolute atomic E-state index is 2.46. The van der Waals surface area contributed by atoms with E-state index >= 15 is 0 Å². The Labute approximate surface area is 374 Å². The molecule has 4 aromatic carbocycles. The molecule has 0 saturated carbocycles. The van der Waals surface area contributed by atoms with E-state index in [-0.39, 0.29) is 0 Å². The molecule has 0 atom stereocenters. The highest BCUT2D eigenvalue weighted by atomic mass is 32.2. The van der Waals surface area contributed by atoms with E-state index in [4.69, 9.17) is 0 Å². The molecule has 2 aliphatic heterocycles. The van der Waals surface area contributed by atoms with Crippen molar-refractivity contribution in [2.24, 2.45) is 0 Å². The number of aryl methyl sites for hydroxylation is 2. The first-order valence-electron chi connectivity index (χ1n) is 22.5. The Hall–Kier alpha value is -4.60. The number of para-hydroxylation sites is 4. The van der Waals surface area contributed by atoms with E-state index in [1.165, 1.54) is 135 Å². The number of fused-ring (bicyclic) bond motifs is 4. The Morgan fingerprint density at radius 3 is 1.30 bits per heavy atom. The van der Waals surface area contributed by atoms with E-state index in [2.05, 4.69) is 195 Å². The van der Waals surface area contributed by atoms with Gasteiger partial charge in [-0.05, 0) is 85.4 Å². The monoisotopic (exact) mass is 850 g/mol. The largest absolute Gasteiger partial charge is 0.338 e. The zero-order chi connectivity index (χ0) is 42.4. The fourth-order valence-corrected chi connectivity index (χ4v) is 11.4. The number of hydrogen-bond acceptors (Lipinski definition) is 4. The van der Waals surface area contributed by atoms with Crippen molar-refractivity contribution in [2.75, 3.05) is 78.3 Å². The van der Waals surface area contributed by atoms with Gasteiger partial charge in [0, 0.05) is 67.4 Å². The van der Waals surface area contributed by atoms with Crippen molar-refractivity contribution in [3.8, 4) is 0 Å². The molecule has 61 heavy (non-hydrogen) atoms. The summed E-state index contributed by atoms with van der Waals surface area (Å²) in [6, 6.07) is 39.8. The summed E-state index contributed by atoms with van der Waals surface area (Å²) in [5.74, 6) is 0. The highest BCUT2D eigenvalue weighted by Crippen LogP contribution is 2.46. The molecule has 0 aliphatic carbocycles. The predicted molar refractivity (Wildman–Crippen MR) is 262 cm³/mol. The quantitative estimate of drug-likeness (QED) is 0.0486. The molecule has 0 unspecified atom stereocenters. The topological polar surface area (TPSA) is 14.2 Å². The SMILES string of the molecule is CN1/C(=C\c2cc[n+](CCCCC[N+](C)(C)CCC[N+](C)(C)CCCCC[n+]3ccc(/C=C4/Sc5ccccc5N4C)c4ccccc43)c3ccccc23)Sc2ccccc21. The maximum Gasteiger partial charge on any atom is 0.213 e. The Balaban J connectivity index is 0.743. The average Bonchev–Trinajstić information content (AvgIpc) is 3.75. The molecule has 0 saturated heterocycles. The smallest absolute Gasteiger partial charge is 0.213 e. The summed E-state index contributed by atoms with van der Waals surface area (Å²) in [6.07, 6.45) is 18.1. The Kier molecular flexibility index (Phi) is 13.6. The molecule has 2 aromatic heterocycles. The summed E-state index contributed by atoms with van der Waals surface area (Å²) in [5.41, 5.74) is 7.79. The van der Waals surface area contributed by atoms with Gasteiger partial charge in [-0.25, -0.2) is 0 Å². The molecule has 0 N–H and O–H groups in total. The number of hydrogen-bond donors (Lipinski definition) is 0. The third kappa shape index (κ3) is 10.4. The van der Waals surface area contributed by atoms with Crippen LogP contribution in [-0.2, 0) is 13.1 Å². The number of aromatic nitrogens is 2. The number of thioether (sulfide) groups is 2. The van der Waals surface area contributed by atoms with Gasteiger partial charge in [0.1, 0.15) is 13.1 Å². The summed E-state index contributed by atoms with van der Waals surface area (Å²) in [4.78, 5) is 7.28. The zero-order valence-electron chi connectivity index (χ0n) is 37.4. The highest BCUT2D eigenvalue weighted by Gasteiger charge is 2.25. The van der Waals surface area contributed by atoms with Crippen LogP contribution in [0.3, 0.4) is 0 Å². The molecule has 0 bridgehead atoms. The second-order valence-electron chi connectivity index (χ2n) is 18.4. The molecular formula is C53H66N6S2+4. The van der Waals surface area contributed by atoms with Crippen molar-refractivity contribution < 1.29 is 18.1 Å². The lowest BCUT2D eigenvalue weighted by atomic mass is 10.1. The fraction of sp³-hybridized carbons (Fsp3) is 0.358. The van der Waals surface area contributed by atoms with E-state index in [1.54, 1.807) is 0 Å². The molecule has 8 heteroatoms. The summed E-state index contributed by atoms with van der Waals surface area (Å²) >= 11 is 3.72. The van der Waals surface area contributed by atoms with Gasteiger partial charge in [0.15, 0.2) is 12.4 Å². The van der Waals surface area contributed by atoms with Crippen LogP contribution in [0.4, 0.5) is 11.4 Å². The highest BCUT2D eigenvalue weighted by molar-refractivity contribution is 8.04. The second-order valence-corrected chi connectivity index (χ2v) is 20.6. The molecule has 8 rings (SSSR count). The maximum atomic E-state index is 2.46. The van der Waals surface area contributed by atoms with Crippen LogP contribution in [0.2, 0.25) is 0 Å². The summed E-state index contributed by atoms with van der Waals surface area (Å²) < 4.78 is 7.15. The number of quaternary nitrogens is 2. The predicted octanol–water partition coefficient (Wildman–Crippen LogP) is 11.2. The number of pyridine rings is 2. The van der Waals surface area contributed by atoms with E-state index < -0.39 is 0 Å². The summed E-state index contributed by atoms with van der Waals surface area (Å²) in [7, 11) is 14.1. The first kappa shape index (κ1) is 43.1. The Morgan fingerprint density at radius 2 is 0.852 bits per heavy atom. The van der Waals surface area contributed by atoms with Crippen molar-refractivity contribution >= 4 is 68.9 Å². The van der Waals surface area contributed by atoms with Crippen LogP contribution in [0.5, 0.6) is 0 Å². The molecule has 0 fully saturated rings. The van der Waals surface area contributed by atoms with Crippen molar-refractivity contribution in [1.29, 1.82) is 0 Å². The normalized spacial score (nSPS) is 15.4. The van der Waals surface area contributed by atoms with Gasteiger partial charge < -0.3 is 18.8 Å². The molecule has 4 heterocycles. The van der Waals surface area contributed by atoms with Crippen LogP contribution >= 0.6 is 23.5 Å². The van der Waals surface area contributed by atoms with Crippen LogP contribution in [0.1, 0.15) is 56.1 Å². The van der Waals surface area contributed by atoms with E-state index in [0.29, 0.717) is 0 Å². The van der Waals surface area contributed by atoms with Crippen molar-refractivity contribution in [1.82, 2.24) is 0 Å². The Morgan fingerprint density at radius 1 is 0.459 bits per heavy atom. The minimum Gasteiger partial charge on any atom is -0.338 e. The van der Waals surface area contributed by atoms with Crippen molar-refractivity contribution in [2.45, 2.75) is 67.8 Å². The van der Waals surface area contributed by atoms with Crippen LogP contribution < -0.4 is 18.9 Å². The van der Waals surface area contributed by atoms with E-state index in [9.17, 15) is 0 Å². The lowest BCUT2D eigenvalue weighted by Crippen LogP contribution is -2.46. The molecular weight excluding hydrogens is 785 g/mol. The number of benzene rings is 4. The number of unbranched alkanes of at least 4 members (excludes halogenated alkanes) is 4. The second kappa shape index (κ2) is 19.2. The zero-order valence-corrected chi connectivity index (χ0v) is 39.0. The Bertz CT molecular complexity index is 2370. The fourth-order valence-electron chi connectivity index (χ4n) is 9.17. The molecule has 0 amide bonds. The van der Waals surface area contributed by atoms with Crippen molar-refractivity contribution in [3.63, 3.8) is 0 Å². The molecule has 6 nitrogen and oxygen atoms in total. The van der Waals surface area contributed by atoms with Gasteiger partial charge in [0.05, 0.1) is 86.6 Å². The van der Waals surface area contributed by atoms with Gasteiger partial charge in [-0.2, -0.15) is 9.13 Å². The van der Waals surface area contributed by atoms with E-state index in [0.717, 1.165) is 22.1 Å². The van der Waals surface area contributed by atoms with Gasteiger partial charge in [-0.1, -0.05) is 72.1 Å².